The molecule has 1 saturated heterocycles. The molecule has 11 heteroatoms. The van der Waals surface area contributed by atoms with Crippen LogP contribution in [0.5, 0.6) is 0 Å². The van der Waals surface area contributed by atoms with Gasteiger partial charge in [-0.15, -0.1) is 0 Å². The van der Waals surface area contributed by atoms with Gasteiger partial charge in [0.15, 0.2) is 28.7 Å². The highest BCUT2D eigenvalue weighted by molar-refractivity contribution is 7.90. The third-order valence-electron chi connectivity index (χ3n) is 6.29. The number of hydrogen-bond donors (Lipinski definition) is 2. The summed E-state index contributed by atoms with van der Waals surface area (Å²) in [6, 6.07) is 6.94. The fourth-order valence-corrected chi connectivity index (χ4v) is 5.45. The normalized spacial score (nSPS) is 18.6. The largest absolute Gasteiger partial charge is 0.390 e. The van der Waals surface area contributed by atoms with E-state index in [1.54, 1.807) is 22.9 Å². The lowest BCUT2D eigenvalue weighted by atomic mass is 10.1. The number of ether oxygens (including phenoxy) is 1. The molecule has 0 radical (unpaired) electrons. The van der Waals surface area contributed by atoms with E-state index in [0.29, 0.717) is 41.3 Å². The Morgan fingerprint density at radius 1 is 1.23 bits per heavy atom. The van der Waals surface area contributed by atoms with Crippen molar-refractivity contribution in [1.29, 1.82) is 0 Å². The van der Waals surface area contributed by atoms with Crippen molar-refractivity contribution in [2.75, 3.05) is 25.2 Å². The molecule has 4 heterocycles. The third kappa shape index (κ3) is 4.58. The second-order valence-corrected chi connectivity index (χ2v) is 10.9. The number of benzene rings is 1. The van der Waals surface area contributed by atoms with Gasteiger partial charge in [0.05, 0.1) is 35.0 Å². The van der Waals surface area contributed by atoms with E-state index in [2.05, 4.69) is 15.4 Å². The topological polar surface area (TPSA) is 122 Å². The molecule has 184 valence electrons. The fourth-order valence-electron chi connectivity index (χ4n) is 4.60. The van der Waals surface area contributed by atoms with Gasteiger partial charge in [-0.1, -0.05) is 10.8 Å². The smallest absolute Gasteiger partial charge is 0.178 e. The Labute approximate surface area is 203 Å². The van der Waals surface area contributed by atoms with E-state index < -0.39 is 9.84 Å². The van der Waals surface area contributed by atoms with E-state index in [1.165, 1.54) is 6.26 Å². The Hall–Kier alpha value is -3.15. The summed E-state index contributed by atoms with van der Waals surface area (Å²) in [5, 5.41) is 17.6. The van der Waals surface area contributed by atoms with E-state index in [0.717, 1.165) is 36.4 Å². The van der Waals surface area contributed by atoms with Gasteiger partial charge in [0.2, 0.25) is 0 Å². The average molecular weight is 498 g/mol. The summed E-state index contributed by atoms with van der Waals surface area (Å²) >= 11 is 0. The van der Waals surface area contributed by atoms with Crippen LogP contribution in [0.3, 0.4) is 0 Å². The van der Waals surface area contributed by atoms with Crippen LogP contribution < -0.4 is 5.32 Å². The Morgan fingerprint density at radius 2 is 2.06 bits per heavy atom. The predicted octanol–water partition coefficient (Wildman–Crippen LogP) is 2.90. The Bertz CT molecular complexity index is 1470. The summed E-state index contributed by atoms with van der Waals surface area (Å²) in [6.45, 7) is 2.31. The number of aromatic nitrogens is 3. The maximum absolute atomic E-state index is 12.7. The van der Waals surface area contributed by atoms with Crippen LogP contribution in [0.2, 0.25) is 0 Å². The lowest BCUT2D eigenvalue weighted by molar-refractivity contribution is -0.494. The third-order valence-corrected chi connectivity index (χ3v) is 7.43. The standard InChI is InChI=1S/C24H29N6O4S/c1-15-25-23-20(13-17(14-31)26-24(23)30(15)22-6-4-5-11-34-22)27-19-8-7-16(12-21(19)35(3,32)33)18-9-10-29(2)28-18/h7-8,10,12-13,22,31H,4-6,9,11,14H2,1-3H3,(H,26,27)/q+1. The number of rotatable bonds is 6. The minimum absolute atomic E-state index is 0.162. The molecule has 2 aliphatic heterocycles. The maximum atomic E-state index is 12.7. The average Bonchev–Trinajstić information content (AvgIpc) is 3.41. The van der Waals surface area contributed by atoms with Crippen LogP contribution in [0.25, 0.3) is 11.2 Å². The van der Waals surface area contributed by atoms with Gasteiger partial charge in [0.1, 0.15) is 23.3 Å². The maximum Gasteiger partial charge on any atom is 0.178 e. The van der Waals surface area contributed by atoms with Crippen LogP contribution in [0.1, 0.15) is 49.0 Å². The van der Waals surface area contributed by atoms with E-state index in [9.17, 15) is 13.5 Å². The summed E-state index contributed by atoms with van der Waals surface area (Å²) in [7, 11) is -1.72. The SMILES string of the molecule is Cc1nc2c(Nc3ccc(C4=N[N+](C)=CC4)cc3S(C)(=O)=O)cc(CO)nc2n1C1CCCCO1. The molecular weight excluding hydrogens is 468 g/mol. The molecule has 2 aliphatic rings. The second-order valence-electron chi connectivity index (χ2n) is 8.96. The summed E-state index contributed by atoms with van der Waals surface area (Å²) < 4.78 is 35.1. The van der Waals surface area contributed by atoms with Gasteiger partial charge < -0.3 is 15.2 Å². The van der Waals surface area contributed by atoms with E-state index >= 15 is 0 Å². The quantitative estimate of drug-likeness (QED) is 0.502. The van der Waals surface area contributed by atoms with Crippen LogP contribution in [0, 0.1) is 6.92 Å². The van der Waals surface area contributed by atoms with Gasteiger partial charge in [0.25, 0.3) is 0 Å². The lowest BCUT2D eigenvalue weighted by Gasteiger charge is -2.25. The Kier molecular flexibility index (Phi) is 6.16. The van der Waals surface area contributed by atoms with Gasteiger partial charge in [-0.2, -0.15) is 0 Å². The highest BCUT2D eigenvalue weighted by Crippen LogP contribution is 2.34. The van der Waals surface area contributed by atoms with Crippen LogP contribution in [0.4, 0.5) is 11.4 Å². The van der Waals surface area contributed by atoms with Crippen LogP contribution >= 0.6 is 0 Å². The zero-order valence-corrected chi connectivity index (χ0v) is 20.8. The van der Waals surface area contributed by atoms with Crippen molar-refractivity contribution >= 4 is 44.3 Å². The monoisotopic (exact) mass is 497 g/mol. The number of pyridine rings is 1. The minimum Gasteiger partial charge on any atom is -0.390 e. The number of aliphatic hydroxyl groups is 1. The first-order chi connectivity index (χ1) is 16.7. The molecule has 0 bridgehead atoms. The van der Waals surface area contributed by atoms with Gasteiger partial charge in [0, 0.05) is 18.4 Å². The molecule has 0 saturated carbocycles. The number of aliphatic hydroxyl groups excluding tert-OH is 1. The van der Waals surface area contributed by atoms with Crippen molar-refractivity contribution < 1.29 is 22.9 Å². The van der Waals surface area contributed by atoms with Crippen molar-refractivity contribution in [2.45, 2.75) is 50.3 Å². The number of sulfone groups is 1. The zero-order chi connectivity index (χ0) is 24.7. The summed E-state index contributed by atoms with van der Waals surface area (Å²) in [4.78, 5) is 9.53. The number of aryl methyl sites for hydroxylation is 1. The predicted molar refractivity (Wildman–Crippen MR) is 133 cm³/mol. The van der Waals surface area contributed by atoms with Crippen molar-refractivity contribution in [3.8, 4) is 0 Å². The summed E-state index contributed by atoms with van der Waals surface area (Å²) in [5.41, 5.74) is 4.19. The molecule has 2 aromatic heterocycles. The van der Waals surface area contributed by atoms with E-state index in [1.807, 2.05) is 30.8 Å². The first-order valence-corrected chi connectivity index (χ1v) is 13.5. The van der Waals surface area contributed by atoms with Gasteiger partial charge >= 0.3 is 0 Å². The molecule has 10 nitrogen and oxygen atoms in total. The molecule has 5 rings (SSSR count). The lowest BCUT2D eigenvalue weighted by Crippen LogP contribution is -2.19. The molecule has 3 aromatic rings. The van der Waals surface area contributed by atoms with Crippen LogP contribution in [0.15, 0.2) is 34.3 Å². The molecule has 1 atom stereocenters. The molecule has 1 unspecified atom stereocenters. The first kappa shape index (κ1) is 23.6. The summed E-state index contributed by atoms with van der Waals surface area (Å²) in [5.74, 6) is 0.746. The molecule has 35 heavy (non-hydrogen) atoms. The van der Waals surface area contributed by atoms with Gasteiger partial charge in [-0.3, -0.25) is 4.57 Å². The number of fused-ring (bicyclic) bond motifs is 1. The van der Waals surface area contributed by atoms with Crippen molar-refractivity contribution in [3.05, 3.63) is 41.3 Å². The number of hydrazone groups is 1. The number of imidazole rings is 1. The van der Waals surface area contributed by atoms with E-state index in [4.69, 9.17) is 9.72 Å². The fraction of sp³-hybridized carbons (Fsp3) is 0.417. The van der Waals surface area contributed by atoms with Crippen molar-refractivity contribution in [3.63, 3.8) is 0 Å². The highest BCUT2D eigenvalue weighted by atomic mass is 32.2. The molecule has 0 amide bonds. The van der Waals surface area contributed by atoms with Crippen LogP contribution in [-0.4, -0.2) is 64.6 Å². The molecular formula is C24H29N6O4S+. The van der Waals surface area contributed by atoms with Crippen molar-refractivity contribution in [1.82, 2.24) is 14.5 Å². The Balaban J connectivity index is 1.60. The Morgan fingerprint density at radius 3 is 2.71 bits per heavy atom. The first-order valence-electron chi connectivity index (χ1n) is 11.6. The molecule has 0 aliphatic carbocycles. The zero-order valence-electron chi connectivity index (χ0n) is 20.0. The number of nitrogens with zero attached hydrogens (tertiary/aromatic N) is 5. The summed E-state index contributed by atoms with van der Waals surface area (Å²) in [6.07, 6.45) is 6.52. The minimum atomic E-state index is -3.56. The van der Waals surface area contributed by atoms with Gasteiger partial charge in [-0.05, 0) is 49.5 Å². The molecule has 0 spiro atoms. The van der Waals surface area contributed by atoms with E-state index in [-0.39, 0.29) is 17.7 Å². The number of hydrogen-bond acceptors (Lipinski definition) is 8. The molecule has 1 fully saturated rings. The molecule has 2 N–H and O–H groups in total. The molecule has 1 aromatic carbocycles. The van der Waals surface area contributed by atoms with Gasteiger partial charge in [-0.25, -0.2) is 18.4 Å². The number of nitrogens with one attached hydrogen (secondary N) is 1. The number of anilines is 2. The highest BCUT2D eigenvalue weighted by Gasteiger charge is 2.25. The second kappa shape index (κ2) is 9.14. The van der Waals surface area contributed by atoms with Crippen LogP contribution in [-0.2, 0) is 21.2 Å². The van der Waals surface area contributed by atoms with Crippen molar-refractivity contribution in [2.24, 2.45) is 5.10 Å².